The second kappa shape index (κ2) is 9.54. The van der Waals surface area contributed by atoms with Crippen molar-refractivity contribution >= 4 is 21.3 Å². The van der Waals surface area contributed by atoms with E-state index in [9.17, 15) is 8.42 Å². The first-order chi connectivity index (χ1) is 16.5. The molecular formula is C30H35NO3S. The van der Waals surface area contributed by atoms with Crippen LogP contribution in [-0.2, 0) is 10.0 Å². The molecular weight excluding hydrogens is 454 g/mol. The molecule has 184 valence electrons. The molecule has 0 bridgehead atoms. The zero-order chi connectivity index (χ0) is 25.3. The molecule has 0 unspecified atom stereocenters. The summed E-state index contributed by atoms with van der Waals surface area (Å²) in [5, 5.41) is 0. The molecule has 0 aromatic heterocycles. The van der Waals surface area contributed by atoms with Gasteiger partial charge in [-0.05, 0) is 83.2 Å². The maximum Gasteiger partial charge on any atom is 0.261 e. The Labute approximate surface area is 210 Å². The highest BCUT2D eigenvalue weighted by Crippen LogP contribution is 2.51. The molecule has 1 N–H and O–H groups in total. The van der Waals surface area contributed by atoms with Gasteiger partial charge in [-0.25, -0.2) is 8.42 Å². The number of ether oxygens (including phenoxy) is 1. The van der Waals surface area contributed by atoms with E-state index < -0.39 is 10.0 Å². The van der Waals surface area contributed by atoms with E-state index in [0.717, 1.165) is 29.7 Å². The zero-order valence-electron chi connectivity index (χ0n) is 21.3. The maximum absolute atomic E-state index is 12.8. The topological polar surface area (TPSA) is 55.4 Å². The van der Waals surface area contributed by atoms with Gasteiger partial charge in [0.2, 0.25) is 0 Å². The van der Waals surface area contributed by atoms with Crippen LogP contribution in [0.25, 0.3) is 5.57 Å². The summed E-state index contributed by atoms with van der Waals surface area (Å²) in [4.78, 5) is 0.247. The van der Waals surface area contributed by atoms with Crippen molar-refractivity contribution in [2.45, 2.75) is 51.9 Å². The summed E-state index contributed by atoms with van der Waals surface area (Å²) >= 11 is 0. The normalized spacial score (nSPS) is 17.0. The second-order valence-electron chi connectivity index (χ2n) is 11.1. The highest BCUT2D eigenvalue weighted by atomic mass is 32.2. The van der Waals surface area contributed by atoms with Crippen LogP contribution in [0.4, 0.5) is 5.69 Å². The Kier molecular flexibility index (Phi) is 6.83. The smallest absolute Gasteiger partial charge is 0.261 e. The summed E-state index contributed by atoms with van der Waals surface area (Å²) in [5.41, 5.74) is 5.86. The van der Waals surface area contributed by atoms with Crippen molar-refractivity contribution < 1.29 is 13.2 Å². The van der Waals surface area contributed by atoms with Gasteiger partial charge in [0.05, 0.1) is 12.0 Å². The molecule has 1 aliphatic carbocycles. The van der Waals surface area contributed by atoms with Crippen molar-refractivity contribution in [1.82, 2.24) is 0 Å². The number of benzene rings is 3. The van der Waals surface area contributed by atoms with Gasteiger partial charge in [0.25, 0.3) is 10.0 Å². The first-order valence-electron chi connectivity index (χ1n) is 12.0. The van der Waals surface area contributed by atoms with Gasteiger partial charge in [0.15, 0.2) is 0 Å². The molecule has 0 heterocycles. The molecule has 1 fully saturated rings. The van der Waals surface area contributed by atoms with Crippen LogP contribution in [-0.4, -0.2) is 15.5 Å². The fourth-order valence-corrected chi connectivity index (χ4v) is 6.75. The van der Waals surface area contributed by atoms with E-state index in [-0.39, 0.29) is 15.7 Å². The maximum atomic E-state index is 12.8. The van der Waals surface area contributed by atoms with E-state index in [4.69, 9.17) is 4.74 Å². The molecule has 0 spiro atoms. The van der Waals surface area contributed by atoms with Crippen LogP contribution in [0.3, 0.4) is 0 Å². The van der Waals surface area contributed by atoms with Crippen LogP contribution in [0.1, 0.15) is 58.1 Å². The summed E-state index contributed by atoms with van der Waals surface area (Å²) in [6.07, 6.45) is 3.24. The number of allylic oxidation sites excluding steroid dienone is 1. The summed E-state index contributed by atoms with van der Waals surface area (Å²) in [6, 6.07) is 24.4. The molecule has 0 saturated heterocycles. The minimum Gasteiger partial charge on any atom is -0.497 e. The molecule has 0 radical (unpaired) electrons. The predicted molar refractivity (Wildman–Crippen MR) is 144 cm³/mol. The monoisotopic (exact) mass is 489 g/mol. The van der Waals surface area contributed by atoms with Crippen LogP contribution in [0.15, 0.2) is 89.3 Å². The molecule has 5 heteroatoms. The summed E-state index contributed by atoms with van der Waals surface area (Å²) in [6.45, 7) is 9.39. The van der Waals surface area contributed by atoms with E-state index in [2.05, 4.69) is 44.5 Å². The standard InChI is InChI=1S/C30H35NO3S/c1-29(2)19-24(20-30(3,4)21-29)28(23-13-17-26(34-5)18-14-23)22-11-15-25(16-12-22)31-35(32,33)27-9-7-6-8-10-27/h6-18,31H,19-21H2,1-5H3. The number of hydrogen-bond acceptors (Lipinski definition) is 3. The van der Waals surface area contributed by atoms with Crippen LogP contribution >= 0.6 is 0 Å². The fraction of sp³-hybridized carbons (Fsp3) is 0.333. The summed E-state index contributed by atoms with van der Waals surface area (Å²) < 4.78 is 33.6. The highest BCUT2D eigenvalue weighted by Gasteiger charge is 2.37. The molecule has 3 aromatic carbocycles. The van der Waals surface area contributed by atoms with Gasteiger partial charge < -0.3 is 4.74 Å². The van der Waals surface area contributed by atoms with Gasteiger partial charge in [-0.1, -0.05) is 75.7 Å². The van der Waals surface area contributed by atoms with E-state index in [1.54, 1.807) is 37.4 Å². The van der Waals surface area contributed by atoms with Crippen LogP contribution in [0, 0.1) is 10.8 Å². The van der Waals surface area contributed by atoms with E-state index in [1.165, 1.54) is 17.6 Å². The van der Waals surface area contributed by atoms with E-state index in [1.807, 2.05) is 36.4 Å². The first kappa shape index (κ1) is 25.1. The third kappa shape index (κ3) is 5.96. The molecule has 3 aromatic rings. The molecule has 0 aliphatic heterocycles. The summed E-state index contributed by atoms with van der Waals surface area (Å²) in [5.74, 6) is 0.827. The number of nitrogens with one attached hydrogen (secondary N) is 1. The van der Waals surface area contributed by atoms with Gasteiger partial charge in [0, 0.05) is 5.69 Å². The molecule has 4 nitrogen and oxygen atoms in total. The highest BCUT2D eigenvalue weighted by molar-refractivity contribution is 7.92. The third-order valence-corrected chi connectivity index (χ3v) is 7.95. The fourth-order valence-electron chi connectivity index (χ4n) is 5.67. The lowest BCUT2D eigenvalue weighted by Crippen LogP contribution is -2.30. The lowest BCUT2D eigenvalue weighted by Gasteiger charge is -2.43. The number of sulfonamides is 1. The minimum absolute atomic E-state index is 0.208. The lowest BCUT2D eigenvalue weighted by atomic mass is 9.62. The largest absolute Gasteiger partial charge is 0.497 e. The van der Waals surface area contributed by atoms with Crippen molar-refractivity contribution in [2.75, 3.05) is 11.8 Å². The predicted octanol–water partition coefficient (Wildman–Crippen LogP) is 7.53. The average Bonchev–Trinajstić information content (AvgIpc) is 2.79. The number of methoxy groups -OCH3 is 1. The first-order valence-corrected chi connectivity index (χ1v) is 13.5. The van der Waals surface area contributed by atoms with Crippen molar-refractivity contribution in [3.8, 4) is 5.75 Å². The minimum atomic E-state index is -3.63. The van der Waals surface area contributed by atoms with Crippen molar-refractivity contribution in [3.05, 3.63) is 95.6 Å². The van der Waals surface area contributed by atoms with Crippen LogP contribution in [0.5, 0.6) is 5.75 Å². The quantitative estimate of drug-likeness (QED) is 0.389. The van der Waals surface area contributed by atoms with Gasteiger partial charge in [-0.15, -0.1) is 0 Å². The van der Waals surface area contributed by atoms with Crippen LogP contribution in [0.2, 0.25) is 0 Å². The Bertz CT molecular complexity index is 1290. The molecule has 0 amide bonds. The van der Waals surface area contributed by atoms with Crippen molar-refractivity contribution in [3.63, 3.8) is 0 Å². The van der Waals surface area contributed by atoms with Gasteiger partial charge in [-0.3, -0.25) is 4.72 Å². The van der Waals surface area contributed by atoms with Crippen molar-refractivity contribution in [1.29, 1.82) is 0 Å². The SMILES string of the molecule is COc1ccc(C(=C2CC(C)(C)CC(C)(C)C2)c2ccc(NS(=O)(=O)c3ccccc3)cc2)cc1. The zero-order valence-corrected chi connectivity index (χ0v) is 22.1. The third-order valence-electron chi connectivity index (χ3n) is 6.55. The average molecular weight is 490 g/mol. The van der Waals surface area contributed by atoms with Gasteiger partial charge in [-0.2, -0.15) is 0 Å². The Morgan fingerprint density at radius 3 is 1.80 bits per heavy atom. The molecule has 4 rings (SSSR count). The van der Waals surface area contributed by atoms with Gasteiger partial charge >= 0.3 is 0 Å². The van der Waals surface area contributed by atoms with E-state index in [0.29, 0.717) is 5.69 Å². The Morgan fingerprint density at radius 1 is 0.771 bits per heavy atom. The second-order valence-corrected chi connectivity index (χ2v) is 12.7. The molecule has 0 atom stereocenters. The Hall–Kier alpha value is -3.05. The Balaban J connectivity index is 1.74. The Morgan fingerprint density at radius 2 is 1.29 bits per heavy atom. The van der Waals surface area contributed by atoms with Gasteiger partial charge in [0.1, 0.15) is 5.75 Å². The van der Waals surface area contributed by atoms with E-state index >= 15 is 0 Å². The molecule has 35 heavy (non-hydrogen) atoms. The van der Waals surface area contributed by atoms with Crippen LogP contribution < -0.4 is 9.46 Å². The number of anilines is 1. The molecule has 1 saturated carbocycles. The number of rotatable bonds is 6. The number of hydrogen-bond donors (Lipinski definition) is 1. The lowest BCUT2D eigenvalue weighted by molar-refractivity contribution is 0.154. The van der Waals surface area contributed by atoms with Crippen molar-refractivity contribution in [2.24, 2.45) is 10.8 Å². The molecule has 1 aliphatic rings. The summed E-state index contributed by atoms with van der Waals surface area (Å²) in [7, 11) is -1.96.